The van der Waals surface area contributed by atoms with Crippen LogP contribution in [0, 0.1) is 6.92 Å². The molecule has 0 spiro atoms. The summed E-state index contributed by atoms with van der Waals surface area (Å²) in [7, 11) is 1.97. The fourth-order valence-corrected chi connectivity index (χ4v) is 4.31. The third kappa shape index (κ3) is 3.35. The maximum Gasteiger partial charge on any atom is 0.348 e. The van der Waals surface area contributed by atoms with Crippen LogP contribution in [0.1, 0.15) is 27.7 Å². The van der Waals surface area contributed by atoms with Crippen molar-refractivity contribution in [1.82, 2.24) is 9.97 Å². The molecule has 2 aromatic heterocycles. The molecule has 0 saturated carbocycles. The highest BCUT2D eigenvalue weighted by molar-refractivity contribution is 7.20. The monoisotopic (exact) mass is 399 g/mol. The number of thiophene rings is 1. The van der Waals surface area contributed by atoms with E-state index >= 15 is 0 Å². The maximum atomic E-state index is 12.2. The molecule has 0 radical (unpaired) electrons. The van der Waals surface area contributed by atoms with Gasteiger partial charge in [-0.2, -0.15) is 0 Å². The molecule has 7 nitrogen and oxygen atoms in total. The van der Waals surface area contributed by atoms with Crippen LogP contribution in [0.25, 0.3) is 10.2 Å². The van der Waals surface area contributed by atoms with Crippen molar-refractivity contribution >= 4 is 33.3 Å². The Morgan fingerprint density at radius 2 is 2.04 bits per heavy atom. The summed E-state index contributed by atoms with van der Waals surface area (Å²) in [4.78, 5) is 24.5. The van der Waals surface area contributed by atoms with Gasteiger partial charge in [0.1, 0.15) is 35.1 Å². The van der Waals surface area contributed by atoms with Crippen LogP contribution in [-0.2, 0) is 11.3 Å². The predicted octanol–water partition coefficient (Wildman–Crippen LogP) is 3.58. The molecule has 0 amide bonds. The highest BCUT2D eigenvalue weighted by Crippen LogP contribution is 2.36. The van der Waals surface area contributed by atoms with Crippen LogP contribution in [0.3, 0.4) is 0 Å². The van der Waals surface area contributed by atoms with Gasteiger partial charge in [-0.1, -0.05) is 6.07 Å². The van der Waals surface area contributed by atoms with E-state index in [1.165, 1.54) is 17.7 Å². The first kappa shape index (κ1) is 18.5. The Kier molecular flexibility index (Phi) is 5.04. The number of carbonyl (C=O) groups excluding carboxylic acids is 1. The molecule has 0 N–H and O–H groups in total. The van der Waals surface area contributed by atoms with Gasteiger partial charge in [-0.05, 0) is 37.1 Å². The third-order valence-electron chi connectivity index (χ3n) is 4.56. The largest absolute Gasteiger partial charge is 0.486 e. The van der Waals surface area contributed by atoms with Gasteiger partial charge in [0.05, 0.1) is 12.0 Å². The molecule has 0 aliphatic carbocycles. The van der Waals surface area contributed by atoms with Crippen molar-refractivity contribution in [2.45, 2.75) is 20.4 Å². The summed E-state index contributed by atoms with van der Waals surface area (Å²) in [6.45, 7) is 5.82. The Bertz CT molecular complexity index is 1030. The minimum Gasteiger partial charge on any atom is -0.486 e. The first-order valence-electron chi connectivity index (χ1n) is 9.09. The second-order valence-corrected chi connectivity index (χ2v) is 7.49. The van der Waals surface area contributed by atoms with Crippen LogP contribution >= 0.6 is 11.3 Å². The molecule has 4 rings (SSSR count). The minimum atomic E-state index is -0.316. The molecule has 1 aliphatic heterocycles. The number of fused-ring (bicyclic) bond motifs is 2. The second-order valence-electron chi connectivity index (χ2n) is 6.49. The predicted molar refractivity (Wildman–Crippen MR) is 108 cm³/mol. The Hall–Kier alpha value is -2.87. The third-order valence-corrected chi connectivity index (χ3v) is 5.74. The Morgan fingerprint density at radius 3 is 2.82 bits per heavy atom. The van der Waals surface area contributed by atoms with Crippen LogP contribution in [0.2, 0.25) is 0 Å². The topological polar surface area (TPSA) is 73.8 Å². The molecule has 8 heteroatoms. The van der Waals surface area contributed by atoms with Crippen molar-refractivity contribution in [3.63, 3.8) is 0 Å². The summed E-state index contributed by atoms with van der Waals surface area (Å²) >= 11 is 1.34. The molecule has 3 aromatic rings. The number of ether oxygens (including phenoxy) is 3. The van der Waals surface area contributed by atoms with Gasteiger partial charge in [0, 0.05) is 13.6 Å². The number of hydrogen-bond acceptors (Lipinski definition) is 8. The molecule has 146 valence electrons. The number of esters is 1. The number of aromatic nitrogens is 2. The van der Waals surface area contributed by atoms with Gasteiger partial charge in [-0.3, -0.25) is 0 Å². The molecule has 28 heavy (non-hydrogen) atoms. The SMILES string of the molecule is CCOC(=O)c1sc2ncnc(N(C)Cc3ccc4c(c3)OCCO4)c2c1C. The molecule has 0 atom stereocenters. The molecule has 0 bridgehead atoms. The second kappa shape index (κ2) is 7.63. The number of hydrogen-bond donors (Lipinski definition) is 0. The molecular formula is C20H21N3O4S. The van der Waals surface area contributed by atoms with Gasteiger partial charge in [0.2, 0.25) is 0 Å². The lowest BCUT2D eigenvalue weighted by Crippen LogP contribution is -2.19. The summed E-state index contributed by atoms with van der Waals surface area (Å²) in [5.74, 6) is 2.00. The van der Waals surface area contributed by atoms with E-state index in [0.29, 0.717) is 31.2 Å². The molecule has 0 fully saturated rings. The summed E-state index contributed by atoms with van der Waals surface area (Å²) in [5.41, 5.74) is 1.93. The van der Waals surface area contributed by atoms with Gasteiger partial charge >= 0.3 is 5.97 Å². The number of benzene rings is 1. The maximum absolute atomic E-state index is 12.2. The number of aryl methyl sites for hydroxylation is 1. The van der Waals surface area contributed by atoms with Crippen molar-refractivity contribution in [1.29, 1.82) is 0 Å². The van der Waals surface area contributed by atoms with Gasteiger partial charge in [-0.15, -0.1) is 11.3 Å². The lowest BCUT2D eigenvalue weighted by Gasteiger charge is -2.22. The lowest BCUT2D eigenvalue weighted by atomic mass is 10.1. The first-order chi connectivity index (χ1) is 13.6. The quantitative estimate of drug-likeness (QED) is 0.607. The van der Waals surface area contributed by atoms with Crippen LogP contribution in [0.4, 0.5) is 5.82 Å². The van der Waals surface area contributed by atoms with E-state index in [1.807, 2.05) is 37.1 Å². The van der Waals surface area contributed by atoms with Crippen LogP contribution in [-0.4, -0.2) is 42.8 Å². The zero-order valence-electron chi connectivity index (χ0n) is 16.0. The summed E-state index contributed by atoms with van der Waals surface area (Å²) < 4.78 is 16.4. The van der Waals surface area contributed by atoms with E-state index in [2.05, 4.69) is 9.97 Å². The molecule has 0 unspecified atom stereocenters. The van der Waals surface area contributed by atoms with Crippen molar-refractivity contribution in [3.05, 3.63) is 40.5 Å². The van der Waals surface area contributed by atoms with Gasteiger partial charge < -0.3 is 19.1 Å². The van der Waals surface area contributed by atoms with E-state index in [-0.39, 0.29) is 5.97 Å². The fraction of sp³-hybridized carbons (Fsp3) is 0.350. The van der Waals surface area contributed by atoms with E-state index in [9.17, 15) is 4.79 Å². The van der Waals surface area contributed by atoms with Crippen LogP contribution in [0.15, 0.2) is 24.5 Å². The van der Waals surface area contributed by atoms with Crippen LogP contribution in [0.5, 0.6) is 11.5 Å². The number of nitrogens with zero attached hydrogens (tertiary/aromatic N) is 3. The minimum absolute atomic E-state index is 0.316. The molecular weight excluding hydrogens is 378 g/mol. The van der Waals surface area contributed by atoms with Gasteiger partial charge in [0.15, 0.2) is 11.5 Å². The highest BCUT2D eigenvalue weighted by Gasteiger charge is 2.22. The van der Waals surface area contributed by atoms with Crippen molar-refractivity contribution in [2.75, 3.05) is 31.8 Å². The number of carbonyl (C=O) groups is 1. The van der Waals surface area contributed by atoms with E-state index < -0.39 is 0 Å². The average molecular weight is 399 g/mol. The molecule has 3 heterocycles. The number of rotatable bonds is 5. The van der Waals surface area contributed by atoms with E-state index in [0.717, 1.165) is 38.7 Å². The van der Waals surface area contributed by atoms with Gasteiger partial charge in [0.25, 0.3) is 0 Å². The summed E-state index contributed by atoms with van der Waals surface area (Å²) in [6, 6.07) is 5.95. The Morgan fingerprint density at radius 1 is 1.25 bits per heavy atom. The van der Waals surface area contributed by atoms with Crippen molar-refractivity contribution in [3.8, 4) is 11.5 Å². The zero-order valence-corrected chi connectivity index (χ0v) is 16.8. The summed E-state index contributed by atoms with van der Waals surface area (Å²) in [6.07, 6.45) is 1.53. The van der Waals surface area contributed by atoms with E-state index in [4.69, 9.17) is 14.2 Å². The normalized spacial score (nSPS) is 12.8. The van der Waals surface area contributed by atoms with Crippen molar-refractivity contribution < 1.29 is 19.0 Å². The lowest BCUT2D eigenvalue weighted by molar-refractivity contribution is 0.0531. The molecule has 1 aromatic carbocycles. The first-order valence-corrected chi connectivity index (χ1v) is 9.91. The number of anilines is 1. The smallest absolute Gasteiger partial charge is 0.348 e. The van der Waals surface area contributed by atoms with Crippen molar-refractivity contribution in [2.24, 2.45) is 0 Å². The van der Waals surface area contributed by atoms with Crippen LogP contribution < -0.4 is 14.4 Å². The summed E-state index contributed by atoms with van der Waals surface area (Å²) in [5, 5.41) is 0.885. The molecule has 0 saturated heterocycles. The highest BCUT2D eigenvalue weighted by atomic mass is 32.1. The standard InChI is InChI=1S/C20H21N3O4S/c1-4-25-20(24)17-12(2)16-18(21-11-22-19(16)28-17)23(3)10-13-5-6-14-15(9-13)27-8-7-26-14/h5-6,9,11H,4,7-8,10H2,1-3H3. The zero-order chi connectivity index (χ0) is 19.7. The Balaban J connectivity index is 1.66. The average Bonchev–Trinajstić information content (AvgIpc) is 3.05. The Labute approximate surface area is 166 Å². The molecule has 1 aliphatic rings. The van der Waals surface area contributed by atoms with Gasteiger partial charge in [-0.25, -0.2) is 14.8 Å². The fourth-order valence-electron chi connectivity index (χ4n) is 3.27. The van der Waals surface area contributed by atoms with E-state index in [1.54, 1.807) is 6.92 Å².